The molecular weight excluding hydrogens is 246 g/mol. The van der Waals surface area contributed by atoms with E-state index in [4.69, 9.17) is 0 Å². The van der Waals surface area contributed by atoms with Crippen molar-refractivity contribution in [1.82, 2.24) is 4.98 Å². The topological polar surface area (TPSA) is 32.9 Å². The van der Waals surface area contributed by atoms with Crippen molar-refractivity contribution in [1.29, 1.82) is 0 Å². The number of ketones is 1. The van der Waals surface area contributed by atoms with Crippen LogP contribution in [0.1, 0.15) is 21.6 Å². The van der Waals surface area contributed by atoms with Crippen LogP contribution in [0.3, 0.4) is 0 Å². The molecule has 0 aliphatic heterocycles. The molecule has 20 heavy (non-hydrogen) atoms. The number of benzene rings is 2. The number of carbonyl (C=O) groups excluding carboxylic acids is 1. The molecule has 3 aromatic rings. The van der Waals surface area contributed by atoms with E-state index in [1.165, 1.54) is 0 Å². The average molecular weight is 261 g/mol. The van der Waals surface area contributed by atoms with Crippen molar-refractivity contribution in [3.05, 3.63) is 77.5 Å². The maximum absolute atomic E-state index is 12.1. The van der Waals surface area contributed by atoms with Gasteiger partial charge in [0.05, 0.1) is 0 Å². The van der Waals surface area contributed by atoms with Gasteiger partial charge in [-0.25, -0.2) is 0 Å². The first-order valence-electron chi connectivity index (χ1n) is 6.60. The van der Waals surface area contributed by atoms with E-state index < -0.39 is 0 Å². The molecule has 0 saturated carbocycles. The Balaban J connectivity index is 1.95. The molecule has 0 fully saturated rings. The maximum atomic E-state index is 12.1. The lowest BCUT2D eigenvalue weighted by Crippen LogP contribution is -1.92. The molecule has 3 rings (SSSR count). The third-order valence-electron chi connectivity index (χ3n) is 3.40. The molecular formula is C18H15NO. The van der Waals surface area contributed by atoms with E-state index in [0.29, 0.717) is 5.56 Å². The van der Waals surface area contributed by atoms with Gasteiger partial charge in [0.2, 0.25) is 0 Å². The van der Waals surface area contributed by atoms with Gasteiger partial charge in [-0.15, -0.1) is 0 Å². The Morgan fingerprint density at radius 1 is 1.00 bits per heavy atom. The Kier molecular flexibility index (Phi) is 3.21. The molecule has 1 heterocycles. The number of hydrogen-bond acceptors (Lipinski definition) is 1. The second-order valence-corrected chi connectivity index (χ2v) is 4.77. The van der Waals surface area contributed by atoms with Gasteiger partial charge in [-0.2, -0.15) is 0 Å². The Labute approximate surface area is 117 Å². The minimum absolute atomic E-state index is 0.0234. The monoisotopic (exact) mass is 261 g/mol. The summed E-state index contributed by atoms with van der Waals surface area (Å²) in [7, 11) is 0. The number of nitrogens with one attached hydrogen (secondary N) is 1. The summed E-state index contributed by atoms with van der Waals surface area (Å²) in [6.45, 7) is 2.02. The van der Waals surface area contributed by atoms with E-state index in [1.54, 1.807) is 6.08 Å². The van der Waals surface area contributed by atoms with E-state index in [0.717, 1.165) is 22.2 Å². The van der Waals surface area contributed by atoms with Crippen molar-refractivity contribution in [3.8, 4) is 0 Å². The van der Waals surface area contributed by atoms with Crippen LogP contribution < -0.4 is 0 Å². The first-order chi connectivity index (χ1) is 9.75. The van der Waals surface area contributed by atoms with Crippen molar-refractivity contribution in [2.24, 2.45) is 0 Å². The normalized spacial score (nSPS) is 11.2. The van der Waals surface area contributed by atoms with Gasteiger partial charge in [0.25, 0.3) is 0 Å². The lowest BCUT2D eigenvalue weighted by Gasteiger charge is -1.95. The molecule has 0 radical (unpaired) electrons. The average Bonchev–Trinajstić information content (AvgIpc) is 2.81. The summed E-state index contributed by atoms with van der Waals surface area (Å²) in [5.74, 6) is 0.0234. The van der Waals surface area contributed by atoms with Gasteiger partial charge in [-0.3, -0.25) is 4.79 Å². The van der Waals surface area contributed by atoms with Gasteiger partial charge < -0.3 is 4.98 Å². The minimum atomic E-state index is 0.0234. The lowest BCUT2D eigenvalue weighted by molar-refractivity contribution is 0.104. The van der Waals surface area contributed by atoms with Gasteiger partial charge in [-0.05, 0) is 25.1 Å². The van der Waals surface area contributed by atoms with Crippen LogP contribution in [0.25, 0.3) is 17.0 Å². The molecule has 2 aromatic carbocycles. The zero-order valence-corrected chi connectivity index (χ0v) is 11.3. The summed E-state index contributed by atoms with van der Waals surface area (Å²) in [6.07, 6.45) is 3.53. The van der Waals surface area contributed by atoms with Crippen molar-refractivity contribution in [2.45, 2.75) is 6.92 Å². The smallest absolute Gasteiger partial charge is 0.185 e. The second-order valence-electron chi connectivity index (χ2n) is 4.77. The highest BCUT2D eigenvalue weighted by atomic mass is 16.1. The van der Waals surface area contributed by atoms with Crippen molar-refractivity contribution in [3.63, 3.8) is 0 Å². The Morgan fingerprint density at radius 2 is 1.70 bits per heavy atom. The largest absolute Gasteiger partial charge is 0.358 e. The van der Waals surface area contributed by atoms with E-state index in [2.05, 4.69) is 11.1 Å². The van der Waals surface area contributed by atoms with Gasteiger partial charge in [0, 0.05) is 27.7 Å². The van der Waals surface area contributed by atoms with Crippen LogP contribution in [0.4, 0.5) is 0 Å². The van der Waals surface area contributed by atoms with E-state index in [1.807, 2.05) is 61.5 Å². The van der Waals surface area contributed by atoms with Crippen LogP contribution in [-0.2, 0) is 0 Å². The third kappa shape index (κ3) is 2.28. The van der Waals surface area contributed by atoms with Crippen molar-refractivity contribution < 1.29 is 4.79 Å². The number of allylic oxidation sites excluding steroid dienone is 1. The lowest BCUT2D eigenvalue weighted by atomic mass is 10.1. The number of carbonyl (C=O) groups is 1. The molecule has 2 nitrogen and oxygen atoms in total. The van der Waals surface area contributed by atoms with Gasteiger partial charge >= 0.3 is 0 Å². The van der Waals surface area contributed by atoms with Gasteiger partial charge in [0.1, 0.15) is 0 Å². The van der Waals surface area contributed by atoms with Crippen LogP contribution in [0.15, 0.2) is 60.7 Å². The predicted molar refractivity (Wildman–Crippen MR) is 82.8 cm³/mol. The van der Waals surface area contributed by atoms with Gasteiger partial charge in [-0.1, -0.05) is 48.5 Å². The number of rotatable bonds is 3. The molecule has 0 spiro atoms. The first kappa shape index (κ1) is 12.4. The number of hydrogen-bond donors (Lipinski definition) is 1. The van der Waals surface area contributed by atoms with Crippen LogP contribution in [0.5, 0.6) is 0 Å². The number of fused-ring (bicyclic) bond motifs is 1. The highest BCUT2D eigenvalue weighted by Crippen LogP contribution is 2.23. The summed E-state index contributed by atoms with van der Waals surface area (Å²) >= 11 is 0. The van der Waals surface area contributed by atoms with Crippen LogP contribution in [0, 0.1) is 6.92 Å². The standard InChI is InChI=1S/C18H15NO/c1-13-15(16-9-5-6-10-17(16)19-13)11-12-18(20)14-7-3-2-4-8-14/h2-12,19H,1H3/b12-11+. The fourth-order valence-corrected chi connectivity index (χ4v) is 2.37. The van der Waals surface area contributed by atoms with Crippen LogP contribution in [0.2, 0.25) is 0 Å². The van der Waals surface area contributed by atoms with Gasteiger partial charge in [0.15, 0.2) is 5.78 Å². The first-order valence-corrected chi connectivity index (χ1v) is 6.60. The molecule has 98 valence electrons. The van der Waals surface area contributed by atoms with Crippen molar-refractivity contribution >= 4 is 22.8 Å². The summed E-state index contributed by atoms with van der Waals surface area (Å²) in [4.78, 5) is 15.4. The molecule has 1 aromatic heterocycles. The van der Waals surface area contributed by atoms with E-state index >= 15 is 0 Å². The maximum Gasteiger partial charge on any atom is 0.185 e. The fourth-order valence-electron chi connectivity index (χ4n) is 2.37. The summed E-state index contributed by atoms with van der Waals surface area (Å²) in [5, 5.41) is 1.14. The Morgan fingerprint density at radius 3 is 2.50 bits per heavy atom. The molecule has 0 aliphatic rings. The van der Waals surface area contributed by atoms with E-state index in [-0.39, 0.29) is 5.78 Å². The highest BCUT2D eigenvalue weighted by molar-refractivity contribution is 6.07. The second kappa shape index (κ2) is 5.17. The number of para-hydroxylation sites is 1. The molecule has 0 atom stereocenters. The number of aryl methyl sites for hydroxylation is 1. The summed E-state index contributed by atoms with van der Waals surface area (Å²) in [5.41, 5.74) is 3.95. The zero-order valence-electron chi connectivity index (χ0n) is 11.3. The zero-order chi connectivity index (χ0) is 13.9. The fraction of sp³-hybridized carbons (Fsp3) is 0.0556. The van der Waals surface area contributed by atoms with E-state index in [9.17, 15) is 4.79 Å². The predicted octanol–water partition coefficient (Wildman–Crippen LogP) is 4.37. The quantitative estimate of drug-likeness (QED) is 0.551. The Bertz CT molecular complexity index is 782. The molecule has 0 aliphatic carbocycles. The number of aromatic amines is 1. The molecule has 0 saturated heterocycles. The molecule has 0 amide bonds. The highest BCUT2D eigenvalue weighted by Gasteiger charge is 2.06. The SMILES string of the molecule is Cc1[nH]c2ccccc2c1/C=C/C(=O)c1ccccc1. The van der Waals surface area contributed by atoms with Crippen LogP contribution in [-0.4, -0.2) is 10.8 Å². The number of H-pyrrole nitrogens is 1. The molecule has 0 bridgehead atoms. The van der Waals surface area contributed by atoms with Crippen LogP contribution >= 0.6 is 0 Å². The number of aromatic nitrogens is 1. The third-order valence-corrected chi connectivity index (χ3v) is 3.40. The summed E-state index contributed by atoms with van der Waals surface area (Å²) < 4.78 is 0. The molecule has 0 unspecified atom stereocenters. The minimum Gasteiger partial charge on any atom is -0.358 e. The molecule has 2 heteroatoms. The molecule has 1 N–H and O–H groups in total. The van der Waals surface area contributed by atoms with Crippen molar-refractivity contribution in [2.75, 3.05) is 0 Å². The summed E-state index contributed by atoms with van der Waals surface area (Å²) in [6, 6.07) is 17.4. The Hall–Kier alpha value is -2.61.